The zero-order chi connectivity index (χ0) is 13.1. The first-order valence-electron chi connectivity index (χ1n) is 5.48. The average Bonchev–Trinajstić information content (AvgIpc) is 2.24. The SMILES string of the molecule is C=CCN(c1cc(Cl)ccc1C#N)C(C)(C)C. The van der Waals surface area contributed by atoms with E-state index in [9.17, 15) is 0 Å². The van der Waals surface area contributed by atoms with E-state index in [1.54, 1.807) is 12.1 Å². The van der Waals surface area contributed by atoms with Crippen molar-refractivity contribution in [3.05, 3.63) is 41.4 Å². The Bertz CT molecular complexity index is 452. The van der Waals surface area contributed by atoms with Crippen molar-refractivity contribution >= 4 is 17.3 Å². The minimum Gasteiger partial charge on any atom is -0.362 e. The van der Waals surface area contributed by atoms with Gasteiger partial charge in [-0.25, -0.2) is 0 Å². The second-order valence-corrected chi connectivity index (χ2v) is 5.28. The molecule has 0 saturated carbocycles. The molecule has 0 spiro atoms. The summed E-state index contributed by atoms with van der Waals surface area (Å²) in [5, 5.41) is 9.78. The molecule has 0 aliphatic carbocycles. The fourth-order valence-corrected chi connectivity index (χ4v) is 1.85. The number of hydrogen-bond acceptors (Lipinski definition) is 2. The Morgan fingerprint density at radius 1 is 1.47 bits per heavy atom. The van der Waals surface area contributed by atoms with Crippen molar-refractivity contribution in [2.75, 3.05) is 11.4 Å². The van der Waals surface area contributed by atoms with Crippen molar-refractivity contribution in [3.8, 4) is 6.07 Å². The van der Waals surface area contributed by atoms with Crippen molar-refractivity contribution < 1.29 is 0 Å². The van der Waals surface area contributed by atoms with Crippen LogP contribution in [0.2, 0.25) is 5.02 Å². The third kappa shape index (κ3) is 3.25. The Labute approximate surface area is 108 Å². The highest BCUT2D eigenvalue weighted by Crippen LogP contribution is 2.29. The van der Waals surface area contributed by atoms with Crippen LogP contribution in [-0.2, 0) is 0 Å². The normalized spacial score (nSPS) is 10.8. The number of nitriles is 1. The summed E-state index contributed by atoms with van der Waals surface area (Å²) in [4.78, 5) is 2.12. The highest BCUT2D eigenvalue weighted by atomic mass is 35.5. The maximum absolute atomic E-state index is 9.15. The smallest absolute Gasteiger partial charge is 0.101 e. The van der Waals surface area contributed by atoms with Crippen molar-refractivity contribution in [1.29, 1.82) is 5.26 Å². The zero-order valence-corrected chi connectivity index (χ0v) is 11.3. The van der Waals surface area contributed by atoms with Gasteiger partial charge in [-0.2, -0.15) is 5.26 Å². The van der Waals surface area contributed by atoms with Gasteiger partial charge in [-0.15, -0.1) is 6.58 Å². The predicted molar refractivity (Wildman–Crippen MR) is 73.5 cm³/mol. The number of hydrogen-bond donors (Lipinski definition) is 0. The lowest BCUT2D eigenvalue weighted by Gasteiger charge is -2.37. The molecular weight excluding hydrogens is 232 g/mol. The van der Waals surface area contributed by atoms with Crippen LogP contribution in [0.1, 0.15) is 26.3 Å². The maximum atomic E-state index is 9.15. The topological polar surface area (TPSA) is 27.0 Å². The molecule has 0 saturated heterocycles. The van der Waals surface area contributed by atoms with Gasteiger partial charge in [0.25, 0.3) is 0 Å². The Kier molecular flexibility index (Phi) is 4.20. The summed E-state index contributed by atoms with van der Waals surface area (Å²) in [6.07, 6.45) is 1.83. The highest BCUT2D eigenvalue weighted by molar-refractivity contribution is 6.30. The van der Waals surface area contributed by atoms with Gasteiger partial charge in [0.1, 0.15) is 6.07 Å². The van der Waals surface area contributed by atoms with Crippen LogP contribution in [0, 0.1) is 11.3 Å². The standard InChI is InChI=1S/C14H17ClN2/c1-5-8-17(14(2,3)4)13-9-12(15)7-6-11(13)10-16/h5-7,9H,1,8H2,2-4H3. The average molecular weight is 249 g/mol. The molecule has 0 aliphatic rings. The number of nitrogens with zero attached hydrogens (tertiary/aromatic N) is 2. The summed E-state index contributed by atoms with van der Waals surface area (Å²) in [6.45, 7) is 10.7. The van der Waals surface area contributed by atoms with Crippen LogP contribution in [0.4, 0.5) is 5.69 Å². The van der Waals surface area contributed by atoms with Gasteiger partial charge < -0.3 is 4.90 Å². The van der Waals surface area contributed by atoms with Crippen molar-refractivity contribution in [2.24, 2.45) is 0 Å². The van der Waals surface area contributed by atoms with E-state index in [2.05, 4.69) is 38.3 Å². The van der Waals surface area contributed by atoms with Gasteiger partial charge in [0.15, 0.2) is 0 Å². The van der Waals surface area contributed by atoms with E-state index in [4.69, 9.17) is 16.9 Å². The van der Waals surface area contributed by atoms with E-state index < -0.39 is 0 Å². The van der Waals surface area contributed by atoms with Crippen molar-refractivity contribution in [1.82, 2.24) is 0 Å². The maximum Gasteiger partial charge on any atom is 0.101 e. The molecule has 0 radical (unpaired) electrons. The molecule has 0 fully saturated rings. The van der Waals surface area contributed by atoms with Gasteiger partial charge in [0.2, 0.25) is 0 Å². The van der Waals surface area contributed by atoms with Crippen LogP contribution >= 0.6 is 11.6 Å². The lowest BCUT2D eigenvalue weighted by Crippen LogP contribution is -2.42. The molecule has 1 aromatic carbocycles. The second kappa shape index (κ2) is 5.25. The highest BCUT2D eigenvalue weighted by Gasteiger charge is 2.22. The largest absolute Gasteiger partial charge is 0.362 e. The summed E-state index contributed by atoms with van der Waals surface area (Å²) in [5.74, 6) is 0. The van der Waals surface area contributed by atoms with Crippen molar-refractivity contribution in [3.63, 3.8) is 0 Å². The van der Waals surface area contributed by atoms with Crippen LogP contribution in [0.5, 0.6) is 0 Å². The van der Waals surface area contributed by atoms with Crippen LogP contribution in [0.3, 0.4) is 0 Å². The third-order valence-electron chi connectivity index (χ3n) is 2.49. The minimum atomic E-state index is -0.0928. The number of halogens is 1. The first-order valence-corrected chi connectivity index (χ1v) is 5.86. The fraction of sp³-hybridized carbons (Fsp3) is 0.357. The van der Waals surface area contributed by atoms with Gasteiger partial charge >= 0.3 is 0 Å². The molecule has 0 heterocycles. The van der Waals surface area contributed by atoms with Gasteiger partial charge in [-0.1, -0.05) is 17.7 Å². The molecule has 0 amide bonds. The molecule has 0 aliphatic heterocycles. The Balaban J connectivity index is 3.32. The van der Waals surface area contributed by atoms with E-state index in [0.717, 1.165) is 5.69 Å². The molecule has 0 atom stereocenters. The summed E-state index contributed by atoms with van der Waals surface area (Å²) in [5.41, 5.74) is 1.39. The fourth-order valence-electron chi connectivity index (χ4n) is 1.69. The quantitative estimate of drug-likeness (QED) is 0.756. The molecule has 0 N–H and O–H groups in total. The monoisotopic (exact) mass is 248 g/mol. The molecule has 3 heteroatoms. The van der Waals surface area contributed by atoms with Gasteiger partial charge in [0, 0.05) is 17.1 Å². The summed E-state index contributed by atoms with van der Waals surface area (Å²) >= 11 is 6.01. The van der Waals surface area contributed by atoms with Gasteiger partial charge in [-0.05, 0) is 39.0 Å². The Hall–Kier alpha value is -1.46. The summed E-state index contributed by atoms with van der Waals surface area (Å²) in [7, 11) is 0. The molecule has 1 aromatic rings. The molecule has 0 bridgehead atoms. The van der Waals surface area contributed by atoms with Gasteiger partial charge in [-0.3, -0.25) is 0 Å². The van der Waals surface area contributed by atoms with E-state index >= 15 is 0 Å². The minimum absolute atomic E-state index is 0.0928. The lowest BCUT2D eigenvalue weighted by atomic mass is 10.0. The number of rotatable bonds is 3. The van der Waals surface area contributed by atoms with Gasteiger partial charge in [0.05, 0.1) is 11.3 Å². The number of benzene rings is 1. The summed E-state index contributed by atoms with van der Waals surface area (Å²) in [6, 6.07) is 7.51. The Morgan fingerprint density at radius 3 is 2.59 bits per heavy atom. The first kappa shape index (κ1) is 13.6. The molecule has 90 valence electrons. The molecule has 0 aromatic heterocycles. The van der Waals surface area contributed by atoms with Crippen molar-refractivity contribution in [2.45, 2.75) is 26.3 Å². The van der Waals surface area contributed by atoms with E-state index in [1.807, 2.05) is 12.1 Å². The first-order chi connectivity index (χ1) is 7.90. The van der Waals surface area contributed by atoms with Crippen LogP contribution < -0.4 is 4.90 Å². The molecular formula is C14H17ClN2. The van der Waals surface area contributed by atoms with E-state index in [1.165, 1.54) is 0 Å². The number of anilines is 1. The lowest BCUT2D eigenvalue weighted by molar-refractivity contribution is 0.522. The van der Waals surface area contributed by atoms with Crippen LogP contribution in [0.15, 0.2) is 30.9 Å². The predicted octanol–water partition coefficient (Wildman–Crippen LogP) is 4.00. The van der Waals surface area contributed by atoms with E-state index in [-0.39, 0.29) is 5.54 Å². The van der Waals surface area contributed by atoms with E-state index in [0.29, 0.717) is 17.1 Å². The molecule has 2 nitrogen and oxygen atoms in total. The molecule has 0 unspecified atom stereocenters. The van der Waals surface area contributed by atoms with Crippen LogP contribution in [-0.4, -0.2) is 12.1 Å². The molecule has 17 heavy (non-hydrogen) atoms. The Morgan fingerprint density at radius 2 is 2.12 bits per heavy atom. The second-order valence-electron chi connectivity index (χ2n) is 4.84. The summed E-state index contributed by atoms with van der Waals surface area (Å²) < 4.78 is 0. The third-order valence-corrected chi connectivity index (χ3v) is 2.73. The molecule has 1 rings (SSSR count). The zero-order valence-electron chi connectivity index (χ0n) is 10.5. The van der Waals surface area contributed by atoms with Crippen LogP contribution in [0.25, 0.3) is 0 Å².